The second kappa shape index (κ2) is 4.39. The molecule has 0 aliphatic carbocycles. The average Bonchev–Trinajstić information content (AvgIpc) is 2.16. The number of aryl methyl sites for hydroxylation is 1. The first-order chi connectivity index (χ1) is 7.28. The average molecular weight is 222 g/mol. The van der Waals surface area contributed by atoms with Gasteiger partial charge in [0.25, 0.3) is 0 Å². The lowest BCUT2D eigenvalue weighted by Gasteiger charge is -2.39. The summed E-state index contributed by atoms with van der Waals surface area (Å²) in [6.45, 7) is 6.21. The van der Waals surface area contributed by atoms with Crippen molar-refractivity contribution in [3.05, 3.63) is 23.4 Å². The zero-order valence-electron chi connectivity index (χ0n) is 10.8. The topological polar surface area (TPSA) is 68.2 Å². The molecular weight excluding hydrogens is 200 g/mol. The summed E-state index contributed by atoms with van der Waals surface area (Å²) < 4.78 is 0. The molecule has 0 saturated heterocycles. The van der Waals surface area contributed by atoms with Gasteiger partial charge in [0.15, 0.2) is 0 Å². The van der Waals surface area contributed by atoms with E-state index in [0.717, 1.165) is 11.1 Å². The highest BCUT2D eigenvalue weighted by molar-refractivity contribution is 5.47. The molecule has 1 aromatic heterocycles. The number of nitrogen functional groups attached to an aromatic ring is 1. The molecule has 0 saturated carbocycles. The minimum Gasteiger partial charge on any atom is -0.383 e. The second-order valence-corrected chi connectivity index (χ2v) is 4.95. The molecule has 1 heterocycles. The van der Waals surface area contributed by atoms with Crippen molar-refractivity contribution in [2.45, 2.75) is 32.4 Å². The summed E-state index contributed by atoms with van der Waals surface area (Å²) in [6.07, 6.45) is 1.71. The molecule has 1 atom stereocenters. The predicted octanol–water partition coefficient (Wildman–Crippen LogP) is 1.31. The predicted molar refractivity (Wildman–Crippen MR) is 68.1 cm³/mol. The quantitative estimate of drug-likeness (QED) is 0.809. The zero-order chi connectivity index (χ0) is 12.5. The number of nitrogens with zero attached hydrogens (tertiary/aromatic N) is 2. The van der Waals surface area contributed by atoms with E-state index in [1.54, 1.807) is 6.20 Å². The van der Waals surface area contributed by atoms with Crippen LogP contribution in [0.15, 0.2) is 12.3 Å². The highest BCUT2D eigenvalue weighted by atomic mass is 15.2. The Morgan fingerprint density at radius 3 is 2.38 bits per heavy atom. The fourth-order valence-electron chi connectivity index (χ4n) is 1.63. The van der Waals surface area contributed by atoms with Crippen LogP contribution in [0.2, 0.25) is 0 Å². The molecule has 0 spiro atoms. The minimum absolute atomic E-state index is 0.156. The van der Waals surface area contributed by atoms with Gasteiger partial charge in [-0.1, -0.05) is 0 Å². The number of rotatable bonds is 3. The maximum Gasteiger partial charge on any atom is 0.128 e. The molecule has 0 aliphatic heterocycles. The molecule has 0 amide bonds. The van der Waals surface area contributed by atoms with Gasteiger partial charge in [-0.3, -0.25) is 0 Å². The minimum atomic E-state index is -0.165. The molecular formula is C12H22N4. The smallest absolute Gasteiger partial charge is 0.128 e. The molecule has 0 radical (unpaired) electrons. The number of nitrogens with two attached hydrogens (primary N) is 2. The van der Waals surface area contributed by atoms with Gasteiger partial charge in [0, 0.05) is 17.3 Å². The van der Waals surface area contributed by atoms with E-state index in [-0.39, 0.29) is 11.6 Å². The monoisotopic (exact) mass is 222 g/mol. The highest BCUT2D eigenvalue weighted by Crippen LogP contribution is 2.31. The third-order valence-corrected chi connectivity index (χ3v) is 3.46. The van der Waals surface area contributed by atoms with E-state index < -0.39 is 0 Å². The van der Waals surface area contributed by atoms with Gasteiger partial charge in [0.05, 0.1) is 6.04 Å². The van der Waals surface area contributed by atoms with Crippen LogP contribution in [0.5, 0.6) is 0 Å². The summed E-state index contributed by atoms with van der Waals surface area (Å²) in [6, 6.07) is 1.79. The lowest BCUT2D eigenvalue weighted by molar-refractivity contribution is 0.159. The molecule has 0 aliphatic rings. The lowest BCUT2D eigenvalue weighted by Crippen LogP contribution is -2.47. The molecule has 16 heavy (non-hydrogen) atoms. The first-order valence-electron chi connectivity index (χ1n) is 5.42. The normalized spacial score (nSPS) is 14.2. The van der Waals surface area contributed by atoms with Crippen LogP contribution in [-0.4, -0.2) is 29.5 Å². The van der Waals surface area contributed by atoms with Crippen molar-refractivity contribution < 1.29 is 0 Å². The highest BCUT2D eigenvalue weighted by Gasteiger charge is 2.32. The van der Waals surface area contributed by atoms with Gasteiger partial charge >= 0.3 is 0 Å². The van der Waals surface area contributed by atoms with Crippen LogP contribution >= 0.6 is 0 Å². The molecule has 0 fully saturated rings. The van der Waals surface area contributed by atoms with Crippen molar-refractivity contribution in [3.63, 3.8) is 0 Å². The molecule has 90 valence electrons. The van der Waals surface area contributed by atoms with Crippen molar-refractivity contribution in [2.24, 2.45) is 5.73 Å². The van der Waals surface area contributed by atoms with Crippen molar-refractivity contribution in [1.82, 2.24) is 9.88 Å². The fraction of sp³-hybridized carbons (Fsp3) is 0.583. The van der Waals surface area contributed by atoms with Gasteiger partial charge < -0.3 is 16.4 Å². The van der Waals surface area contributed by atoms with Crippen LogP contribution in [0, 0.1) is 6.92 Å². The van der Waals surface area contributed by atoms with Crippen molar-refractivity contribution in [3.8, 4) is 0 Å². The van der Waals surface area contributed by atoms with Gasteiger partial charge in [0.1, 0.15) is 5.82 Å². The number of aromatic nitrogens is 1. The first kappa shape index (κ1) is 12.9. The fourth-order valence-corrected chi connectivity index (χ4v) is 1.63. The summed E-state index contributed by atoms with van der Waals surface area (Å²) in [7, 11) is 4.03. The van der Waals surface area contributed by atoms with Crippen molar-refractivity contribution in [1.29, 1.82) is 0 Å². The zero-order valence-corrected chi connectivity index (χ0v) is 10.8. The van der Waals surface area contributed by atoms with E-state index in [4.69, 9.17) is 11.5 Å². The molecule has 1 aromatic rings. The Bertz CT molecular complexity index is 351. The van der Waals surface area contributed by atoms with Gasteiger partial charge in [-0.05, 0) is 46.5 Å². The molecule has 4 heteroatoms. The number of likely N-dealkylation sites (N-methyl/N-ethyl adjacent to an activating group) is 1. The number of hydrogen-bond donors (Lipinski definition) is 2. The Kier molecular flexibility index (Phi) is 3.55. The number of hydrogen-bond acceptors (Lipinski definition) is 4. The maximum absolute atomic E-state index is 6.31. The van der Waals surface area contributed by atoms with Crippen LogP contribution in [-0.2, 0) is 0 Å². The number of anilines is 1. The van der Waals surface area contributed by atoms with Crippen LogP contribution in [0.25, 0.3) is 0 Å². The summed E-state index contributed by atoms with van der Waals surface area (Å²) >= 11 is 0. The maximum atomic E-state index is 6.31. The lowest BCUT2D eigenvalue weighted by atomic mass is 9.86. The van der Waals surface area contributed by atoms with Gasteiger partial charge in [0.2, 0.25) is 0 Å². The summed E-state index contributed by atoms with van der Waals surface area (Å²) in [5, 5.41) is 0. The number of pyridine rings is 1. The molecule has 0 bridgehead atoms. The molecule has 1 unspecified atom stereocenters. The standard InChI is InChI=1S/C12H22N4/c1-8-6-7-15-11(14)9(8)10(13)12(2,3)16(4)5/h6-7,10H,13H2,1-5H3,(H2,14,15). The SMILES string of the molecule is Cc1ccnc(N)c1C(N)C(C)(C)N(C)C. The second-order valence-electron chi connectivity index (χ2n) is 4.95. The van der Waals surface area contributed by atoms with E-state index in [1.165, 1.54) is 0 Å². The van der Waals surface area contributed by atoms with Crippen molar-refractivity contribution >= 4 is 5.82 Å². The summed E-state index contributed by atoms with van der Waals surface area (Å²) in [4.78, 5) is 6.21. The Balaban J connectivity index is 3.19. The van der Waals surface area contributed by atoms with Gasteiger partial charge in [-0.2, -0.15) is 0 Å². The van der Waals surface area contributed by atoms with E-state index in [1.807, 2.05) is 27.1 Å². The largest absolute Gasteiger partial charge is 0.383 e. The Hall–Kier alpha value is -1.13. The Morgan fingerprint density at radius 1 is 1.38 bits per heavy atom. The Labute approximate surface area is 97.6 Å². The van der Waals surface area contributed by atoms with E-state index >= 15 is 0 Å². The van der Waals surface area contributed by atoms with E-state index in [0.29, 0.717) is 5.82 Å². The molecule has 4 nitrogen and oxygen atoms in total. The summed E-state index contributed by atoms with van der Waals surface area (Å²) in [5.41, 5.74) is 14.1. The van der Waals surface area contributed by atoms with Gasteiger partial charge in [-0.15, -0.1) is 0 Å². The first-order valence-corrected chi connectivity index (χ1v) is 5.42. The summed E-state index contributed by atoms with van der Waals surface area (Å²) in [5.74, 6) is 0.530. The third-order valence-electron chi connectivity index (χ3n) is 3.46. The van der Waals surface area contributed by atoms with Crippen LogP contribution in [0.3, 0.4) is 0 Å². The molecule has 0 aromatic carbocycles. The van der Waals surface area contributed by atoms with E-state index in [2.05, 4.69) is 23.7 Å². The van der Waals surface area contributed by atoms with Crippen LogP contribution in [0.4, 0.5) is 5.82 Å². The van der Waals surface area contributed by atoms with Crippen LogP contribution < -0.4 is 11.5 Å². The Morgan fingerprint density at radius 2 is 1.94 bits per heavy atom. The van der Waals surface area contributed by atoms with Crippen molar-refractivity contribution in [2.75, 3.05) is 19.8 Å². The third kappa shape index (κ3) is 2.18. The molecule has 1 rings (SSSR count). The van der Waals surface area contributed by atoms with Gasteiger partial charge in [-0.25, -0.2) is 4.98 Å². The van der Waals surface area contributed by atoms with E-state index in [9.17, 15) is 0 Å². The van der Waals surface area contributed by atoms with Crippen LogP contribution in [0.1, 0.15) is 31.0 Å². The molecule has 4 N–H and O–H groups in total.